The summed E-state index contributed by atoms with van der Waals surface area (Å²) in [4.78, 5) is 17.3. The number of benzene rings is 1. The van der Waals surface area contributed by atoms with Crippen LogP contribution >= 0.6 is 23.2 Å². The van der Waals surface area contributed by atoms with Gasteiger partial charge in [0.1, 0.15) is 0 Å². The third-order valence-electron chi connectivity index (χ3n) is 2.97. The Balaban J connectivity index is 2.65. The van der Waals surface area contributed by atoms with Crippen LogP contribution < -0.4 is 4.90 Å². The van der Waals surface area contributed by atoms with Crippen molar-refractivity contribution in [2.75, 3.05) is 26.1 Å². The minimum atomic E-state index is -0.647. The molecule has 1 aromatic heterocycles. The van der Waals surface area contributed by atoms with Gasteiger partial charge in [-0.3, -0.25) is 0 Å². The number of carbonyl (C=O) groups excluding carboxylic acids is 1. The Morgan fingerprint density at radius 2 is 1.95 bits per heavy atom. The first-order valence-electron chi connectivity index (χ1n) is 6.26. The lowest BCUT2D eigenvalue weighted by Crippen LogP contribution is -2.12. The zero-order valence-electron chi connectivity index (χ0n) is 12.2. The fourth-order valence-corrected chi connectivity index (χ4v) is 2.51. The van der Waals surface area contributed by atoms with E-state index < -0.39 is 11.8 Å². The topological polar surface area (TPSA) is 42.4 Å². The van der Waals surface area contributed by atoms with Crippen molar-refractivity contribution in [2.24, 2.45) is 0 Å². The van der Waals surface area contributed by atoms with Crippen LogP contribution in [0.4, 0.5) is 10.1 Å². The molecule has 116 valence electrons. The van der Waals surface area contributed by atoms with Gasteiger partial charge in [-0.15, -0.1) is 0 Å². The Labute approximate surface area is 137 Å². The van der Waals surface area contributed by atoms with E-state index in [-0.39, 0.29) is 32.7 Å². The molecule has 0 amide bonds. The maximum Gasteiger partial charge on any atom is 0.356 e. The summed E-state index contributed by atoms with van der Waals surface area (Å²) in [5.74, 6) is -1.19. The molecule has 2 aromatic rings. The second-order valence-corrected chi connectivity index (χ2v) is 5.54. The highest BCUT2D eigenvalue weighted by Crippen LogP contribution is 2.35. The third-order valence-corrected chi connectivity index (χ3v) is 3.50. The number of ether oxygens (including phenoxy) is 1. The minimum Gasteiger partial charge on any atom is -0.464 e. The van der Waals surface area contributed by atoms with Crippen LogP contribution in [0.5, 0.6) is 0 Å². The highest BCUT2D eigenvalue weighted by Gasteiger charge is 2.18. The molecule has 22 heavy (non-hydrogen) atoms. The highest BCUT2D eigenvalue weighted by atomic mass is 35.5. The number of methoxy groups -OCH3 is 1. The zero-order chi connectivity index (χ0) is 16.4. The second-order valence-electron chi connectivity index (χ2n) is 4.70. The van der Waals surface area contributed by atoms with Crippen LogP contribution in [-0.2, 0) is 4.74 Å². The van der Waals surface area contributed by atoms with Gasteiger partial charge in [0.2, 0.25) is 0 Å². The van der Waals surface area contributed by atoms with Crippen molar-refractivity contribution in [1.82, 2.24) is 4.98 Å². The normalized spacial score (nSPS) is 10.5. The van der Waals surface area contributed by atoms with E-state index in [4.69, 9.17) is 23.2 Å². The second kappa shape index (κ2) is 6.50. The van der Waals surface area contributed by atoms with Crippen molar-refractivity contribution < 1.29 is 13.9 Å². The van der Waals surface area contributed by atoms with Gasteiger partial charge in [-0.25, -0.2) is 14.2 Å². The summed E-state index contributed by atoms with van der Waals surface area (Å²) < 4.78 is 19.3. The number of halogens is 3. The summed E-state index contributed by atoms with van der Waals surface area (Å²) in [6.45, 7) is 0. The van der Waals surface area contributed by atoms with Crippen LogP contribution in [0.25, 0.3) is 11.3 Å². The van der Waals surface area contributed by atoms with Crippen molar-refractivity contribution in [3.8, 4) is 11.3 Å². The molecule has 0 N–H and O–H groups in total. The highest BCUT2D eigenvalue weighted by molar-refractivity contribution is 6.33. The van der Waals surface area contributed by atoms with Crippen molar-refractivity contribution in [2.45, 2.75) is 0 Å². The molecule has 2 rings (SSSR count). The average Bonchev–Trinajstić information content (AvgIpc) is 2.45. The van der Waals surface area contributed by atoms with Crippen LogP contribution in [0, 0.1) is 5.82 Å². The summed E-state index contributed by atoms with van der Waals surface area (Å²) in [5, 5.41) is 0.535. The van der Waals surface area contributed by atoms with E-state index >= 15 is 0 Å². The van der Waals surface area contributed by atoms with Gasteiger partial charge >= 0.3 is 5.97 Å². The molecular formula is C15H13Cl2FN2O2. The van der Waals surface area contributed by atoms with Crippen LogP contribution in [0.15, 0.2) is 24.3 Å². The lowest BCUT2D eigenvalue weighted by Gasteiger charge is -2.17. The molecule has 0 aliphatic heterocycles. The Bertz CT molecular complexity index is 736. The Hall–Kier alpha value is -1.85. The molecule has 0 aliphatic rings. The Kier molecular flexibility index (Phi) is 4.88. The standard InChI is InChI=1S/C15H13Cl2FN2O2/c1-20(2)14-10(17)5-4-9(13(14)18)11-6-8(16)7-12(19-11)15(21)22-3/h4-7H,1-3H3. The molecular weight excluding hydrogens is 330 g/mol. The maximum absolute atomic E-state index is 14.7. The number of pyridine rings is 1. The van der Waals surface area contributed by atoms with E-state index in [1.165, 1.54) is 25.3 Å². The van der Waals surface area contributed by atoms with Crippen LogP contribution in [0.3, 0.4) is 0 Å². The van der Waals surface area contributed by atoms with E-state index in [1.54, 1.807) is 25.1 Å². The van der Waals surface area contributed by atoms with E-state index in [0.29, 0.717) is 0 Å². The summed E-state index contributed by atoms with van der Waals surface area (Å²) in [5.41, 5.74) is 0.664. The van der Waals surface area contributed by atoms with Gasteiger partial charge in [0.15, 0.2) is 11.5 Å². The Morgan fingerprint density at radius 3 is 2.55 bits per heavy atom. The zero-order valence-corrected chi connectivity index (χ0v) is 13.7. The molecule has 0 atom stereocenters. The number of hydrogen-bond acceptors (Lipinski definition) is 4. The van der Waals surface area contributed by atoms with Gasteiger partial charge in [-0.05, 0) is 24.3 Å². The first-order valence-corrected chi connectivity index (χ1v) is 7.02. The molecule has 0 unspecified atom stereocenters. The fourth-order valence-electron chi connectivity index (χ4n) is 1.99. The quantitative estimate of drug-likeness (QED) is 0.789. The van der Waals surface area contributed by atoms with Gasteiger partial charge in [-0.1, -0.05) is 23.2 Å². The van der Waals surface area contributed by atoms with Gasteiger partial charge in [0.05, 0.1) is 23.5 Å². The van der Waals surface area contributed by atoms with Crippen molar-refractivity contribution >= 4 is 34.9 Å². The SMILES string of the molecule is COC(=O)c1cc(Cl)cc(-c2ccc(Cl)c(N(C)C)c2F)n1. The molecule has 0 spiro atoms. The number of carbonyl (C=O) groups is 1. The van der Waals surface area contributed by atoms with Gasteiger partial charge in [0.25, 0.3) is 0 Å². The number of nitrogens with zero attached hydrogens (tertiary/aromatic N) is 2. The Morgan fingerprint density at radius 1 is 1.27 bits per heavy atom. The molecule has 7 heteroatoms. The first kappa shape index (κ1) is 16.5. The molecule has 0 fully saturated rings. The third kappa shape index (κ3) is 3.15. The van der Waals surface area contributed by atoms with Crippen LogP contribution in [0.2, 0.25) is 10.0 Å². The summed E-state index contributed by atoms with van der Waals surface area (Å²) in [6.07, 6.45) is 0. The van der Waals surface area contributed by atoms with E-state index in [9.17, 15) is 9.18 Å². The summed E-state index contributed by atoms with van der Waals surface area (Å²) in [7, 11) is 4.59. The van der Waals surface area contributed by atoms with Gasteiger partial charge < -0.3 is 9.64 Å². The van der Waals surface area contributed by atoms with E-state index in [0.717, 1.165) is 0 Å². The van der Waals surface area contributed by atoms with Gasteiger partial charge in [-0.2, -0.15) is 0 Å². The predicted molar refractivity (Wildman–Crippen MR) is 85.3 cm³/mol. The van der Waals surface area contributed by atoms with Crippen LogP contribution in [-0.4, -0.2) is 32.2 Å². The first-order chi connectivity index (χ1) is 10.3. The number of rotatable bonds is 3. The smallest absolute Gasteiger partial charge is 0.356 e. The molecule has 0 bridgehead atoms. The van der Waals surface area contributed by atoms with Crippen molar-refractivity contribution in [3.05, 3.63) is 45.8 Å². The molecule has 4 nitrogen and oxygen atoms in total. The molecule has 0 radical (unpaired) electrons. The van der Waals surface area contributed by atoms with Crippen molar-refractivity contribution in [3.63, 3.8) is 0 Å². The number of anilines is 1. The van der Waals surface area contributed by atoms with Crippen LogP contribution in [0.1, 0.15) is 10.5 Å². The summed E-state index contributed by atoms with van der Waals surface area (Å²) in [6, 6.07) is 5.89. The summed E-state index contributed by atoms with van der Waals surface area (Å²) >= 11 is 12.0. The van der Waals surface area contributed by atoms with Crippen molar-refractivity contribution in [1.29, 1.82) is 0 Å². The monoisotopic (exact) mass is 342 g/mol. The fraction of sp³-hybridized carbons (Fsp3) is 0.200. The number of esters is 1. The molecule has 1 aromatic carbocycles. The molecule has 0 saturated carbocycles. The number of aromatic nitrogens is 1. The molecule has 0 saturated heterocycles. The van der Waals surface area contributed by atoms with E-state index in [1.807, 2.05) is 0 Å². The van der Waals surface area contributed by atoms with Gasteiger partial charge in [0, 0.05) is 24.7 Å². The lowest BCUT2D eigenvalue weighted by atomic mass is 10.1. The lowest BCUT2D eigenvalue weighted by molar-refractivity contribution is 0.0594. The number of hydrogen-bond donors (Lipinski definition) is 0. The van der Waals surface area contributed by atoms with E-state index in [2.05, 4.69) is 9.72 Å². The molecule has 0 aliphatic carbocycles. The molecule has 1 heterocycles. The maximum atomic E-state index is 14.7. The minimum absolute atomic E-state index is 0.00533. The largest absolute Gasteiger partial charge is 0.464 e. The predicted octanol–water partition coefficient (Wildman–Crippen LogP) is 4.05. The average molecular weight is 343 g/mol.